The van der Waals surface area contributed by atoms with Crippen LogP contribution in [0.3, 0.4) is 0 Å². The molecule has 0 unspecified atom stereocenters. The Balaban J connectivity index is 1.82. The third kappa shape index (κ3) is 3.60. The number of anilines is 1. The molecule has 1 amide bonds. The standard InChI is InChI=1S/C23H16F2N2O/c1-14-2-11-21-19(12-14)20(23(28)26-18-9-7-17(25)8-10-18)13-22(27-21)15-3-5-16(24)6-4-15/h2-13H,1H3,(H,26,28). The molecule has 1 N–H and O–H groups in total. The minimum Gasteiger partial charge on any atom is -0.322 e. The zero-order chi connectivity index (χ0) is 19.7. The lowest BCUT2D eigenvalue weighted by atomic mass is 10.0. The second kappa shape index (κ2) is 7.19. The largest absolute Gasteiger partial charge is 0.322 e. The predicted octanol–water partition coefficient (Wildman–Crippen LogP) is 5.74. The fraction of sp³-hybridized carbons (Fsp3) is 0.0435. The van der Waals surface area contributed by atoms with Gasteiger partial charge in [0.1, 0.15) is 11.6 Å². The van der Waals surface area contributed by atoms with E-state index in [0.29, 0.717) is 33.4 Å². The van der Waals surface area contributed by atoms with Gasteiger partial charge in [-0.05, 0) is 73.7 Å². The fourth-order valence-electron chi connectivity index (χ4n) is 3.03. The molecule has 3 aromatic carbocycles. The van der Waals surface area contributed by atoms with Gasteiger partial charge in [0.15, 0.2) is 0 Å². The molecule has 0 aliphatic carbocycles. The number of amides is 1. The highest BCUT2D eigenvalue weighted by Gasteiger charge is 2.15. The number of pyridine rings is 1. The minimum absolute atomic E-state index is 0.326. The summed E-state index contributed by atoms with van der Waals surface area (Å²) in [5.41, 5.74) is 3.88. The number of nitrogens with one attached hydrogen (secondary N) is 1. The number of benzene rings is 3. The summed E-state index contributed by atoms with van der Waals surface area (Å²) in [5.74, 6) is -1.04. The van der Waals surface area contributed by atoms with Gasteiger partial charge in [0, 0.05) is 16.6 Å². The minimum atomic E-state index is -0.374. The van der Waals surface area contributed by atoms with Crippen LogP contribution in [0.15, 0.2) is 72.8 Å². The monoisotopic (exact) mass is 374 g/mol. The van der Waals surface area contributed by atoms with Crippen LogP contribution < -0.4 is 5.32 Å². The number of hydrogen-bond acceptors (Lipinski definition) is 2. The lowest BCUT2D eigenvalue weighted by molar-refractivity contribution is 0.102. The average Bonchev–Trinajstić information content (AvgIpc) is 2.69. The summed E-state index contributed by atoms with van der Waals surface area (Å²) in [6.07, 6.45) is 0. The summed E-state index contributed by atoms with van der Waals surface area (Å²) in [6.45, 7) is 1.94. The van der Waals surface area contributed by atoms with Crippen LogP contribution in [0.25, 0.3) is 22.2 Å². The van der Waals surface area contributed by atoms with Crippen LogP contribution in [-0.2, 0) is 0 Å². The lowest BCUT2D eigenvalue weighted by Crippen LogP contribution is -2.13. The Hall–Kier alpha value is -3.60. The normalized spacial score (nSPS) is 10.8. The Morgan fingerprint density at radius 1 is 0.857 bits per heavy atom. The van der Waals surface area contributed by atoms with Crippen molar-refractivity contribution >= 4 is 22.5 Å². The third-order valence-electron chi connectivity index (χ3n) is 4.45. The molecule has 1 aromatic heterocycles. The molecule has 0 spiro atoms. The molecule has 4 aromatic rings. The van der Waals surface area contributed by atoms with Crippen LogP contribution in [0, 0.1) is 18.6 Å². The molecule has 0 saturated carbocycles. The van der Waals surface area contributed by atoms with Crippen molar-refractivity contribution in [3.8, 4) is 11.3 Å². The van der Waals surface area contributed by atoms with Crippen molar-refractivity contribution in [2.45, 2.75) is 6.92 Å². The van der Waals surface area contributed by atoms with E-state index in [0.717, 1.165) is 5.56 Å². The van der Waals surface area contributed by atoms with Gasteiger partial charge in [0.2, 0.25) is 0 Å². The van der Waals surface area contributed by atoms with Crippen molar-refractivity contribution in [3.63, 3.8) is 0 Å². The number of hydrogen-bond donors (Lipinski definition) is 1. The summed E-state index contributed by atoms with van der Waals surface area (Å²) < 4.78 is 26.4. The highest BCUT2D eigenvalue weighted by Crippen LogP contribution is 2.26. The summed E-state index contributed by atoms with van der Waals surface area (Å²) in [6, 6.07) is 18.9. The molecule has 0 fully saturated rings. The molecule has 1 heterocycles. The van der Waals surface area contributed by atoms with Gasteiger partial charge in [0.05, 0.1) is 16.8 Å². The lowest BCUT2D eigenvalue weighted by Gasteiger charge is -2.11. The second-order valence-corrected chi connectivity index (χ2v) is 6.54. The molecule has 0 aliphatic rings. The first-order valence-electron chi connectivity index (χ1n) is 8.74. The molecule has 0 saturated heterocycles. The van der Waals surface area contributed by atoms with Crippen LogP contribution in [-0.4, -0.2) is 10.9 Å². The smallest absolute Gasteiger partial charge is 0.256 e. The number of aryl methyl sites for hydroxylation is 1. The van der Waals surface area contributed by atoms with Crippen LogP contribution >= 0.6 is 0 Å². The summed E-state index contributed by atoms with van der Waals surface area (Å²) in [7, 11) is 0. The summed E-state index contributed by atoms with van der Waals surface area (Å²) in [5, 5.41) is 3.50. The molecule has 28 heavy (non-hydrogen) atoms. The van der Waals surface area contributed by atoms with E-state index >= 15 is 0 Å². The van der Waals surface area contributed by atoms with Crippen molar-refractivity contribution < 1.29 is 13.6 Å². The average molecular weight is 374 g/mol. The van der Waals surface area contributed by atoms with Crippen molar-refractivity contribution in [2.24, 2.45) is 0 Å². The van der Waals surface area contributed by atoms with E-state index in [1.807, 2.05) is 25.1 Å². The first-order valence-corrected chi connectivity index (χ1v) is 8.74. The van der Waals surface area contributed by atoms with Crippen molar-refractivity contribution in [1.29, 1.82) is 0 Å². The number of carbonyl (C=O) groups excluding carboxylic acids is 1. The highest BCUT2D eigenvalue weighted by atomic mass is 19.1. The van der Waals surface area contributed by atoms with Gasteiger partial charge >= 0.3 is 0 Å². The Morgan fingerprint density at radius 2 is 1.50 bits per heavy atom. The van der Waals surface area contributed by atoms with Crippen LogP contribution in [0.2, 0.25) is 0 Å². The zero-order valence-electron chi connectivity index (χ0n) is 15.0. The first kappa shape index (κ1) is 17.8. The zero-order valence-corrected chi connectivity index (χ0v) is 15.0. The molecular weight excluding hydrogens is 358 g/mol. The van der Waals surface area contributed by atoms with E-state index in [9.17, 15) is 13.6 Å². The van der Waals surface area contributed by atoms with Gasteiger partial charge in [-0.15, -0.1) is 0 Å². The van der Waals surface area contributed by atoms with Gasteiger partial charge in [0.25, 0.3) is 5.91 Å². The van der Waals surface area contributed by atoms with Crippen LogP contribution in [0.5, 0.6) is 0 Å². The molecule has 0 radical (unpaired) electrons. The molecule has 0 bridgehead atoms. The molecule has 5 heteroatoms. The van der Waals surface area contributed by atoms with Gasteiger partial charge in [-0.2, -0.15) is 0 Å². The SMILES string of the molecule is Cc1ccc2nc(-c3ccc(F)cc3)cc(C(=O)Nc3ccc(F)cc3)c2c1. The molecule has 4 rings (SSSR count). The number of halogens is 2. The molecular formula is C23H16F2N2O. The quantitative estimate of drug-likeness (QED) is 0.497. The van der Waals surface area contributed by atoms with E-state index in [4.69, 9.17) is 0 Å². The van der Waals surface area contributed by atoms with Crippen molar-refractivity contribution in [3.05, 3.63) is 95.6 Å². The van der Waals surface area contributed by atoms with Gasteiger partial charge in [-0.3, -0.25) is 4.79 Å². The number of nitrogens with zero attached hydrogens (tertiary/aromatic N) is 1. The maximum Gasteiger partial charge on any atom is 0.256 e. The molecule has 3 nitrogen and oxygen atoms in total. The van der Waals surface area contributed by atoms with Gasteiger partial charge in [-0.25, -0.2) is 13.8 Å². The van der Waals surface area contributed by atoms with E-state index in [2.05, 4.69) is 10.3 Å². The topological polar surface area (TPSA) is 42.0 Å². The van der Waals surface area contributed by atoms with Crippen LogP contribution in [0.4, 0.5) is 14.5 Å². The van der Waals surface area contributed by atoms with Crippen molar-refractivity contribution in [2.75, 3.05) is 5.32 Å². The fourth-order valence-corrected chi connectivity index (χ4v) is 3.03. The first-order chi connectivity index (χ1) is 13.5. The van der Waals surface area contributed by atoms with Gasteiger partial charge in [-0.1, -0.05) is 11.6 Å². The van der Waals surface area contributed by atoms with E-state index < -0.39 is 0 Å². The van der Waals surface area contributed by atoms with E-state index in [-0.39, 0.29) is 17.5 Å². The maximum absolute atomic E-state index is 13.3. The summed E-state index contributed by atoms with van der Waals surface area (Å²) >= 11 is 0. The van der Waals surface area contributed by atoms with E-state index in [1.54, 1.807) is 18.2 Å². The van der Waals surface area contributed by atoms with Crippen LogP contribution in [0.1, 0.15) is 15.9 Å². The van der Waals surface area contributed by atoms with Gasteiger partial charge < -0.3 is 5.32 Å². The Morgan fingerprint density at radius 3 is 2.18 bits per heavy atom. The maximum atomic E-state index is 13.3. The Bertz CT molecular complexity index is 1170. The Kier molecular flexibility index (Phi) is 4.57. The number of fused-ring (bicyclic) bond motifs is 1. The number of aromatic nitrogens is 1. The molecule has 0 atom stereocenters. The summed E-state index contributed by atoms with van der Waals surface area (Å²) in [4.78, 5) is 17.6. The predicted molar refractivity (Wildman–Crippen MR) is 106 cm³/mol. The second-order valence-electron chi connectivity index (χ2n) is 6.54. The van der Waals surface area contributed by atoms with Crippen molar-refractivity contribution in [1.82, 2.24) is 4.98 Å². The number of rotatable bonds is 3. The molecule has 0 aliphatic heterocycles. The van der Waals surface area contributed by atoms with E-state index in [1.165, 1.54) is 36.4 Å². The number of carbonyl (C=O) groups is 1. The molecule has 138 valence electrons. The third-order valence-corrected chi connectivity index (χ3v) is 4.45. The highest BCUT2D eigenvalue weighted by molar-refractivity contribution is 6.13. The Labute approximate surface area is 160 Å².